The molecule has 0 N–H and O–H groups in total. The molecule has 0 bridgehead atoms. The van der Waals surface area contributed by atoms with E-state index in [9.17, 15) is 0 Å². The van der Waals surface area contributed by atoms with E-state index in [4.69, 9.17) is 23.4 Å². The van der Waals surface area contributed by atoms with Gasteiger partial charge in [-0.2, -0.15) is 0 Å². The van der Waals surface area contributed by atoms with Crippen molar-refractivity contribution in [2.75, 3.05) is 28.4 Å². The van der Waals surface area contributed by atoms with Crippen molar-refractivity contribution in [1.82, 2.24) is 10.2 Å². The van der Waals surface area contributed by atoms with Gasteiger partial charge in [0.1, 0.15) is 0 Å². The van der Waals surface area contributed by atoms with Crippen LogP contribution in [0.3, 0.4) is 0 Å². The van der Waals surface area contributed by atoms with Crippen LogP contribution >= 0.6 is 15.9 Å². The van der Waals surface area contributed by atoms with Crippen LogP contribution in [0.5, 0.6) is 23.0 Å². The number of methoxy groups -OCH3 is 4. The van der Waals surface area contributed by atoms with Gasteiger partial charge in [0.15, 0.2) is 23.0 Å². The predicted octanol–water partition coefficient (Wildman–Crippen LogP) is 4.20. The zero-order chi connectivity index (χ0) is 18.7. The van der Waals surface area contributed by atoms with E-state index < -0.39 is 0 Å². The Morgan fingerprint density at radius 3 is 1.96 bits per heavy atom. The smallest absolute Gasteiger partial charge is 0.249 e. The molecule has 3 rings (SSSR count). The van der Waals surface area contributed by atoms with Gasteiger partial charge in [-0.05, 0) is 46.3 Å². The van der Waals surface area contributed by atoms with Crippen LogP contribution in [0.2, 0.25) is 0 Å². The summed E-state index contributed by atoms with van der Waals surface area (Å²) in [5.41, 5.74) is 1.42. The van der Waals surface area contributed by atoms with Crippen molar-refractivity contribution in [3.05, 3.63) is 34.8 Å². The van der Waals surface area contributed by atoms with Gasteiger partial charge in [0, 0.05) is 10.0 Å². The number of hydrogen-bond donors (Lipinski definition) is 0. The second-order valence-electron chi connectivity index (χ2n) is 5.17. The molecule has 0 amide bonds. The Morgan fingerprint density at radius 1 is 0.731 bits per heavy atom. The summed E-state index contributed by atoms with van der Waals surface area (Å²) < 4.78 is 27.8. The van der Waals surface area contributed by atoms with E-state index in [0.717, 1.165) is 10.0 Å². The van der Waals surface area contributed by atoms with Gasteiger partial charge >= 0.3 is 0 Å². The third kappa shape index (κ3) is 3.32. The number of nitrogens with zero attached hydrogens (tertiary/aromatic N) is 2. The average Bonchev–Trinajstić information content (AvgIpc) is 3.16. The van der Waals surface area contributed by atoms with Crippen molar-refractivity contribution in [3.63, 3.8) is 0 Å². The molecular weight excluding hydrogens is 404 g/mol. The largest absolute Gasteiger partial charge is 0.493 e. The Balaban J connectivity index is 2.01. The van der Waals surface area contributed by atoms with Crippen LogP contribution in [-0.4, -0.2) is 38.6 Å². The van der Waals surface area contributed by atoms with Crippen LogP contribution in [0.25, 0.3) is 22.9 Å². The van der Waals surface area contributed by atoms with Crippen molar-refractivity contribution in [2.45, 2.75) is 0 Å². The standard InChI is InChI=1S/C18H17BrN2O5/c1-22-13-6-5-10(7-14(13)23-2)17-20-21-18(26-17)11-8-15(24-3)16(25-4)9-12(11)19/h5-9H,1-4H3. The lowest BCUT2D eigenvalue weighted by Gasteiger charge is -2.09. The minimum absolute atomic E-state index is 0.350. The highest BCUT2D eigenvalue weighted by Crippen LogP contribution is 2.39. The first-order chi connectivity index (χ1) is 12.6. The third-order valence-electron chi connectivity index (χ3n) is 3.76. The van der Waals surface area contributed by atoms with Crippen molar-refractivity contribution < 1.29 is 23.4 Å². The fourth-order valence-electron chi connectivity index (χ4n) is 2.44. The highest BCUT2D eigenvalue weighted by Gasteiger charge is 2.18. The Hall–Kier alpha value is -2.74. The molecule has 0 aliphatic rings. The molecule has 0 atom stereocenters. The van der Waals surface area contributed by atoms with Gasteiger partial charge < -0.3 is 23.4 Å². The molecule has 0 aliphatic heterocycles. The van der Waals surface area contributed by atoms with Crippen LogP contribution in [-0.2, 0) is 0 Å². The van der Waals surface area contributed by atoms with E-state index >= 15 is 0 Å². The van der Waals surface area contributed by atoms with Gasteiger partial charge in [0.05, 0.1) is 34.0 Å². The van der Waals surface area contributed by atoms with Crippen LogP contribution in [0.4, 0.5) is 0 Å². The normalized spacial score (nSPS) is 10.5. The summed E-state index contributed by atoms with van der Waals surface area (Å²) in [5.74, 6) is 3.08. The number of benzene rings is 2. The lowest BCUT2D eigenvalue weighted by molar-refractivity contribution is 0.354. The maximum atomic E-state index is 5.84. The molecule has 7 nitrogen and oxygen atoms in total. The molecule has 0 unspecified atom stereocenters. The molecule has 1 heterocycles. The Kier molecular flexibility index (Phi) is 5.32. The molecular formula is C18H17BrN2O5. The average molecular weight is 421 g/mol. The van der Waals surface area contributed by atoms with Crippen molar-refractivity contribution in [1.29, 1.82) is 0 Å². The van der Waals surface area contributed by atoms with Gasteiger partial charge in [-0.15, -0.1) is 10.2 Å². The van der Waals surface area contributed by atoms with Gasteiger partial charge in [-0.25, -0.2) is 0 Å². The molecule has 3 aromatic rings. The van der Waals surface area contributed by atoms with Crippen LogP contribution in [0, 0.1) is 0 Å². The molecule has 0 saturated heterocycles. The summed E-state index contributed by atoms with van der Waals surface area (Å²) in [6.45, 7) is 0. The second-order valence-corrected chi connectivity index (χ2v) is 6.02. The number of halogens is 1. The van der Waals surface area contributed by atoms with E-state index in [1.165, 1.54) is 0 Å². The van der Waals surface area contributed by atoms with Gasteiger partial charge in [-0.3, -0.25) is 0 Å². The highest BCUT2D eigenvalue weighted by molar-refractivity contribution is 9.10. The van der Waals surface area contributed by atoms with Crippen LogP contribution in [0.1, 0.15) is 0 Å². The zero-order valence-corrected chi connectivity index (χ0v) is 16.3. The third-order valence-corrected chi connectivity index (χ3v) is 4.42. The van der Waals surface area contributed by atoms with Gasteiger partial charge in [0.25, 0.3) is 0 Å². The Morgan fingerprint density at radius 2 is 1.31 bits per heavy atom. The number of rotatable bonds is 6. The quantitative estimate of drug-likeness (QED) is 0.591. The van der Waals surface area contributed by atoms with E-state index in [-0.39, 0.29) is 0 Å². The molecule has 0 saturated carbocycles. The molecule has 0 spiro atoms. The van der Waals surface area contributed by atoms with E-state index in [0.29, 0.717) is 40.3 Å². The van der Waals surface area contributed by atoms with Gasteiger partial charge in [-0.1, -0.05) is 0 Å². The van der Waals surface area contributed by atoms with Crippen molar-refractivity contribution in [2.24, 2.45) is 0 Å². The Labute approximate surface area is 159 Å². The fraction of sp³-hybridized carbons (Fsp3) is 0.222. The first kappa shape index (κ1) is 18.1. The minimum atomic E-state index is 0.350. The SMILES string of the molecule is COc1ccc(-c2nnc(-c3cc(OC)c(OC)cc3Br)o2)cc1OC. The lowest BCUT2D eigenvalue weighted by Crippen LogP contribution is -1.92. The molecule has 8 heteroatoms. The van der Waals surface area contributed by atoms with E-state index in [1.807, 2.05) is 6.07 Å². The van der Waals surface area contributed by atoms with E-state index in [2.05, 4.69) is 26.1 Å². The number of aromatic nitrogens is 2. The van der Waals surface area contributed by atoms with E-state index in [1.54, 1.807) is 52.7 Å². The number of ether oxygens (including phenoxy) is 4. The summed E-state index contributed by atoms with van der Waals surface area (Å²) in [4.78, 5) is 0. The summed E-state index contributed by atoms with van der Waals surface area (Å²) in [6, 6.07) is 8.94. The predicted molar refractivity (Wildman–Crippen MR) is 99.1 cm³/mol. The monoisotopic (exact) mass is 420 g/mol. The molecule has 136 valence electrons. The summed E-state index contributed by atoms with van der Waals surface area (Å²) in [5, 5.41) is 8.26. The van der Waals surface area contributed by atoms with Crippen LogP contribution in [0.15, 0.2) is 39.2 Å². The van der Waals surface area contributed by atoms with Crippen LogP contribution < -0.4 is 18.9 Å². The molecule has 0 radical (unpaired) electrons. The van der Waals surface area contributed by atoms with Gasteiger partial charge in [0.2, 0.25) is 11.8 Å². The Bertz CT molecular complexity index is 926. The zero-order valence-electron chi connectivity index (χ0n) is 14.7. The minimum Gasteiger partial charge on any atom is -0.493 e. The van der Waals surface area contributed by atoms with Crippen molar-refractivity contribution >= 4 is 15.9 Å². The molecule has 1 aromatic heterocycles. The fourth-order valence-corrected chi connectivity index (χ4v) is 2.93. The molecule has 2 aromatic carbocycles. The second kappa shape index (κ2) is 7.65. The first-order valence-electron chi connectivity index (χ1n) is 7.59. The first-order valence-corrected chi connectivity index (χ1v) is 8.38. The summed E-state index contributed by atoms with van der Waals surface area (Å²) in [6.07, 6.45) is 0. The summed E-state index contributed by atoms with van der Waals surface area (Å²) in [7, 11) is 6.29. The highest BCUT2D eigenvalue weighted by atomic mass is 79.9. The maximum Gasteiger partial charge on any atom is 0.249 e. The lowest BCUT2D eigenvalue weighted by atomic mass is 10.2. The molecule has 26 heavy (non-hydrogen) atoms. The summed E-state index contributed by atoms with van der Waals surface area (Å²) >= 11 is 3.50. The molecule has 0 fully saturated rings. The maximum absolute atomic E-state index is 5.84. The van der Waals surface area contributed by atoms with Crippen molar-refractivity contribution in [3.8, 4) is 45.9 Å². The molecule has 0 aliphatic carbocycles. The number of hydrogen-bond acceptors (Lipinski definition) is 7. The topological polar surface area (TPSA) is 75.8 Å².